The van der Waals surface area contributed by atoms with Gasteiger partial charge < -0.3 is 15.0 Å². The van der Waals surface area contributed by atoms with Crippen molar-refractivity contribution in [2.45, 2.75) is 31.5 Å². The molecule has 2 aliphatic heterocycles. The summed E-state index contributed by atoms with van der Waals surface area (Å²) in [4.78, 5) is 25.5. The monoisotopic (exact) mass is 342 g/mol. The summed E-state index contributed by atoms with van der Waals surface area (Å²) in [5, 5.41) is 6.23. The number of likely N-dealkylation sites (tertiary alicyclic amines) is 1. The maximum absolute atomic E-state index is 13.0. The van der Waals surface area contributed by atoms with Crippen molar-refractivity contribution in [1.29, 1.82) is 0 Å². The molecule has 1 N–H and O–H groups in total. The van der Waals surface area contributed by atoms with E-state index in [1.54, 1.807) is 7.05 Å². The molecule has 9 heteroatoms. The molecule has 0 saturated carbocycles. The van der Waals surface area contributed by atoms with Crippen LogP contribution >= 0.6 is 0 Å². The molecule has 1 aromatic heterocycles. The Bertz CT molecular complexity index is 635. The Morgan fingerprint density at radius 1 is 1.46 bits per heavy atom. The molecule has 0 spiro atoms. The number of aryl methyl sites for hydroxylation is 1. The first-order valence-electron chi connectivity index (χ1n) is 7.86. The van der Waals surface area contributed by atoms with E-state index < -0.39 is 18.0 Å². The minimum atomic E-state index is -2.79. The Labute approximate surface area is 137 Å². The van der Waals surface area contributed by atoms with E-state index in [0.717, 1.165) is 0 Å². The molecule has 132 valence electrons. The Morgan fingerprint density at radius 2 is 2.21 bits per heavy atom. The van der Waals surface area contributed by atoms with E-state index in [2.05, 4.69) is 10.4 Å². The molecule has 24 heavy (non-hydrogen) atoms. The highest BCUT2D eigenvalue weighted by Gasteiger charge is 2.44. The van der Waals surface area contributed by atoms with Crippen LogP contribution in [0, 0.1) is 5.92 Å². The van der Waals surface area contributed by atoms with Gasteiger partial charge in [-0.3, -0.25) is 14.3 Å². The van der Waals surface area contributed by atoms with E-state index >= 15 is 0 Å². The summed E-state index contributed by atoms with van der Waals surface area (Å²) in [6, 6.07) is 0. The number of aromatic nitrogens is 2. The molecule has 0 unspecified atom stereocenters. The first kappa shape index (κ1) is 16.8. The molecular weight excluding hydrogens is 322 g/mol. The number of carbonyl (C=O) groups is 2. The molecular formula is C15H20F2N4O3. The molecule has 0 aliphatic carbocycles. The SMILES string of the molecule is CNC(=O)C[C@@H]1C[C@H]2CN(C(=O)c3cn(C)nc3C(F)F)C[C@H]2O1. The smallest absolute Gasteiger partial charge is 0.282 e. The van der Waals surface area contributed by atoms with E-state index in [1.165, 1.54) is 22.8 Å². The van der Waals surface area contributed by atoms with Crippen LogP contribution in [-0.4, -0.2) is 58.8 Å². The number of nitrogens with one attached hydrogen (secondary N) is 1. The summed E-state index contributed by atoms with van der Waals surface area (Å²) in [5.74, 6) is -0.389. The standard InChI is InChI=1S/C15H20F2N4O3/c1-18-12(22)4-9-3-8-5-21(7-11(8)24-9)15(23)10-6-20(2)19-13(10)14(16)17/h6,8-9,11,14H,3-5,7H2,1-2H3,(H,18,22)/t8-,9-,11+/m0/s1. The number of fused-ring (bicyclic) bond motifs is 1. The summed E-state index contributed by atoms with van der Waals surface area (Å²) in [6.45, 7) is 0.802. The number of rotatable bonds is 4. The van der Waals surface area contributed by atoms with Crippen molar-refractivity contribution in [3.63, 3.8) is 0 Å². The lowest BCUT2D eigenvalue weighted by molar-refractivity contribution is -0.123. The Balaban J connectivity index is 1.64. The van der Waals surface area contributed by atoms with Gasteiger partial charge in [0.1, 0.15) is 5.69 Å². The third kappa shape index (κ3) is 3.12. The van der Waals surface area contributed by atoms with Gasteiger partial charge in [-0.05, 0) is 6.42 Å². The van der Waals surface area contributed by atoms with Crippen LogP contribution in [0.3, 0.4) is 0 Å². The van der Waals surface area contributed by atoms with Gasteiger partial charge in [0.2, 0.25) is 5.91 Å². The predicted molar refractivity (Wildman–Crippen MR) is 79.5 cm³/mol. The third-order valence-electron chi connectivity index (χ3n) is 4.59. The number of nitrogens with zero attached hydrogens (tertiary/aromatic N) is 3. The van der Waals surface area contributed by atoms with Gasteiger partial charge in [0.05, 0.1) is 24.2 Å². The highest BCUT2D eigenvalue weighted by Crippen LogP contribution is 2.35. The number of amides is 2. The molecule has 2 fully saturated rings. The predicted octanol–water partition coefficient (Wildman–Crippen LogP) is 0.723. The molecule has 3 atom stereocenters. The molecule has 2 aliphatic rings. The second-order valence-corrected chi connectivity index (χ2v) is 6.28. The average molecular weight is 342 g/mol. The number of halogens is 2. The Hall–Kier alpha value is -2.03. The van der Waals surface area contributed by atoms with Crippen LogP contribution in [0.5, 0.6) is 0 Å². The van der Waals surface area contributed by atoms with Crippen molar-refractivity contribution in [3.05, 3.63) is 17.5 Å². The molecule has 2 saturated heterocycles. The molecule has 0 aromatic carbocycles. The second-order valence-electron chi connectivity index (χ2n) is 6.28. The molecule has 3 heterocycles. The molecule has 2 amide bonds. The van der Waals surface area contributed by atoms with Crippen molar-refractivity contribution in [2.75, 3.05) is 20.1 Å². The lowest BCUT2D eigenvalue weighted by atomic mass is 10.0. The highest BCUT2D eigenvalue weighted by molar-refractivity contribution is 5.95. The van der Waals surface area contributed by atoms with E-state index in [-0.39, 0.29) is 29.6 Å². The lowest BCUT2D eigenvalue weighted by Gasteiger charge is -2.19. The van der Waals surface area contributed by atoms with Crippen molar-refractivity contribution in [2.24, 2.45) is 13.0 Å². The van der Waals surface area contributed by atoms with E-state index in [4.69, 9.17) is 4.74 Å². The van der Waals surface area contributed by atoms with Gasteiger partial charge in [-0.15, -0.1) is 0 Å². The molecule has 7 nitrogen and oxygen atoms in total. The highest BCUT2D eigenvalue weighted by atomic mass is 19.3. The Morgan fingerprint density at radius 3 is 2.83 bits per heavy atom. The number of hydrogen-bond acceptors (Lipinski definition) is 4. The number of hydrogen-bond donors (Lipinski definition) is 1. The van der Waals surface area contributed by atoms with Crippen LogP contribution < -0.4 is 5.32 Å². The maximum atomic E-state index is 13.0. The van der Waals surface area contributed by atoms with Crippen molar-refractivity contribution >= 4 is 11.8 Å². The van der Waals surface area contributed by atoms with Crippen molar-refractivity contribution in [3.8, 4) is 0 Å². The van der Waals surface area contributed by atoms with Gasteiger partial charge in [-0.1, -0.05) is 0 Å². The fourth-order valence-corrected chi connectivity index (χ4v) is 3.47. The minimum Gasteiger partial charge on any atom is -0.372 e. The summed E-state index contributed by atoms with van der Waals surface area (Å²) >= 11 is 0. The van der Waals surface area contributed by atoms with Crippen molar-refractivity contribution < 1.29 is 23.1 Å². The lowest BCUT2D eigenvalue weighted by Crippen LogP contribution is -2.32. The van der Waals surface area contributed by atoms with Gasteiger partial charge in [0.15, 0.2) is 0 Å². The van der Waals surface area contributed by atoms with Crippen molar-refractivity contribution in [1.82, 2.24) is 20.0 Å². The second kappa shape index (κ2) is 6.46. The van der Waals surface area contributed by atoms with Crippen LogP contribution in [-0.2, 0) is 16.6 Å². The fraction of sp³-hybridized carbons (Fsp3) is 0.667. The van der Waals surface area contributed by atoms with Crippen LogP contribution in [0.1, 0.15) is 35.3 Å². The van der Waals surface area contributed by atoms with Crippen LogP contribution in [0.25, 0.3) is 0 Å². The van der Waals surface area contributed by atoms with Crippen LogP contribution in [0.2, 0.25) is 0 Å². The topological polar surface area (TPSA) is 76.5 Å². The zero-order chi connectivity index (χ0) is 17.4. The first-order valence-corrected chi connectivity index (χ1v) is 7.86. The normalized spacial score (nSPS) is 26.0. The zero-order valence-electron chi connectivity index (χ0n) is 13.5. The Kier molecular flexibility index (Phi) is 4.53. The summed E-state index contributed by atoms with van der Waals surface area (Å²) in [5.41, 5.74) is -0.549. The number of alkyl halides is 2. The maximum Gasteiger partial charge on any atom is 0.282 e. The van der Waals surface area contributed by atoms with E-state index in [9.17, 15) is 18.4 Å². The van der Waals surface area contributed by atoms with Gasteiger partial charge in [-0.2, -0.15) is 5.10 Å². The summed E-state index contributed by atoms with van der Waals surface area (Å²) < 4.78 is 33.1. The quantitative estimate of drug-likeness (QED) is 0.875. The fourth-order valence-electron chi connectivity index (χ4n) is 3.47. The largest absolute Gasteiger partial charge is 0.372 e. The van der Waals surface area contributed by atoms with Crippen LogP contribution in [0.4, 0.5) is 8.78 Å². The van der Waals surface area contributed by atoms with Gasteiger partial charge in [-0.25, -0.2) is 8.78 Å². The number of ether oxygens (including phenoxy) is 1. The molecule has 0 radical (unpaired) electrons. The van der Waals surface area contributed by atoms with E-state index in [0.29, 0.717) is 25.9 Å². The molecule has 1 aromatic rings. The van der Waals surface area contributed by atoms with Gasteiger partial charge in [0.25, 0.3) is 12.3 Å². The number of carbonyl (C=O) groups excluding carboxylic acids is 2. The summed E-state index contributed by atoms with van der Waals surface area (Å²) in [7, 11) is 3.08. The third-order valence-corrected chi connectivity index (χ3v) is 4.59. The molecule has 0 bridgehead atoms. The zero-order valence-corrected chi connectivity index (χ0v) is 13.5. The first-order chi connectivity index (χ1) is 11.4. The van der Waals surface area contributed by atoms with Gasteiger partial charge >= 0.3 is 0 Å². The molecule has 3 rings (SSSR count). The minimum absolute atomic E-state index is 0.0608. The van der Waals surface area contributed by atoms with Crippen LogP contribution in [0.15, 0.2) is 6.20 Å². The average Bonchev–Trinajstić information content (AvgIpc) is 3.18. The summed E-state index contributed by atoms with van der Waals surface area (Å²) in [6.07, 6.45) is -0.762. The van der Waals surface area contributed by atoms with E-state index in [1.807, 2.05) is 0 Å². The van der Waals surface area contributed by atoms with Gasteiger partial charge in [0, 0.05) is 39.3 Å².